The highest BCUT2D eigenvalue weighted by Gasteiger charge is 2.10. The maximum atomic E-state index is 11.1. The number of nitrogens with zero attached hydrogens (tertiary/aromatic N) is 1. The topological polar surface area (TPSA) is 85.1 Å². The van der Waals surface area contributed by atoms with Crippen molar-refractivity contribution in [2.45, 2.75) is 24.8 Å². The highest BCUT2D eigenvalue weighted by atomic mass is 32.2. The van der Waals surface area contributed by atoms with Crippen molar-refractivity contribution in [3.8, 4) is 0 Å². The number of primary sulfonamides is 1. The number of aromatic nitrogens is 1. The quantitative estimate of drug-likeness (QED) is 0.906. The lowest BCUT2D eigenvalue weighted by Crippen LogP contribution is -2.12. The molecule has 0 spiro atoms. The van der Waals surface area contributed by atoms with Crippen LogP contribution in [0.4, 0.5) is 5.69 Å². The smallest absolute Gasteiger partial charge is 0.238 e. The third-order valence-electron chi connectivity index (χ3n) is 2.58. The zero-order chi connectivity index (χ0) is 14.0. The first-order chi connectivity index (χ1) is 8.86. The lowest BCUT2D eigenvalue weighted by molar-refractivity contribution is 0.598. The molecule has 0 aliphatic carbocycles. The molecule has 1 aromatic heterocycles. The van der Waals surface area contributed by atoms with Crippen molar-refractivity contribution >= 4 is 27.0 Å². The fourth-order valence-electron chi connectivity index (χ4n) is 1.62. The molecule has 102 valence electrons. The van der Waals surface area contributed by atoms with Gasteiger partial charge in [-0.1, -0.05) is 0 Å². The second-order valence-electron chi connectivity index (χ2n) is 4.24. The number of rotatable bonds is 4. The summed E-state index contributed by atoms with van der Waals surface area (Å²) in [7, 11) is -3.63. The molecule has 0 fully saturated rings. The molecule has 1 unspecified atom stereocenters. The second kappa shape index (κ2) is 5.28. The predicted molar refractivity (Wildman–Crippen MR) is 76.7 cm³/mol. The first kappa shape index (κ1) is 14.0. The average molecular weight is 297 g/mol. The SMILES string of the molecule is Cc1cnc(C(C)Nc2ccc(S(N)(=O)=O)cc2)s1. The summed E-state index contributed by atoms with van der Waals surface area (Å²) in [5.74, 6) is 0. The molecule has 3 N–H and O–H groups in total. The van der Waals surface area contributed by atoms with Crippen molar-refractivity contribution in [1.29, 1.82) is 0 Å². The van der Waals surface area contributed by atoms with E-state index in [-0.39, 0.29) is 10.9 Å². The minimum absolute atomic E-state index is 0.0685. The van der Waals surface area contributed by atoms with E-state index in [2.05, 4.69) is 10.3 Å². The second-order valence-corrected chi connectivity index (χ2v) is 7.07. The minimum atomic E-state index is -3.63. The van der Waals surface area contributed by atoms with Gasteiger partial charge in [0.1, 0.15) is 5.01 Å². The molecule has 1 heterocycles. The van der Waals surface area contributed by atoms with Crippen LogP contribution < -0.4 is 10.5 Å². The number of anilines is 1. The number of nitrogens with one attached hydrogen (secondary N) is 1. The van der Waals surface area contributed by atoms with Crippen molar-refractivity contribution in [1.82, 2.24) is 4.98 Å². The Balaban J connectivity index is 2.12. The average Bonchev–Trinajstić information content (AvgIpc) is 2.75. The molecular weight excluding hydrogens is 282 g/mol. The zero-order valence-electron chi connectivity index (χ0n) is 10.6. The van der Waals surface area contributed by atoms with Gasteiger partial charge in [0.25, 0.3) is 0 Å². The van der Waals surface area contributed by atoms with Gasteiger partial charge in [0.05, 0.1) is 10.9 Å². The summed E-state index contributed by atoms with van der Waals surface area (Å²) in [6.07, 6.45) is 1.84. The van der Waals surface area contributed by atoms with Crippen LogP contribution in [0.5, 0.6) is 0 Å². The normalized spacial score (nSPS) is 13.2. The van der Waals surface area contributed by atoms with Crippen LogP contribution in [-0.4, -0.2) is 13.4 Å². The molecule has 1 aromatic carbocycles. The van der Waals surface area contributed by atoms with Gasteiger partial charge in [0, 0.05) is 16.8 Å². The highest BCUT2D eigenvalue weighted by molar-refractivity contribution is 7.89. The third kappa shape index (κ3) is 3.52. The largest absolute Gasteiger partial charge is 0.376 e. The summed E-state index contributed by atoms with van der Waals surface area (Å²) in [5, 5.41) is 9.30. The lowest BCUT2D eigenvalue weighted by Gasteiger charge is -2.12. The van der Waals surface area contributed by atoms with Gasteiger partial charge in [-0.3, -0.25) is 0 Å². The Hall–Kier alpha value is -1.44. The maximum Gasteiger partial charge on any atom is 0.238 e. The number of hydrogen-bond acceptors (Lipinski definition) is 5. The van der Waals surface area contributed by atoms with Gasteiger partial charge < -0.3 is 5.32 Å². The fraction of sp³-hybridized carbons (Fsp3) is 0.250. The summed E-state index contributed by atoms with van der Waals surface area (Å²) in [4.78, 5) is 5.58. The van der Waals surface area contributed by atoms with Gasteiger partial charge in [-0.2, -0.15) is 0 Å². The van der Waals surface area contributed by atoms with E-state index < -0.39 is 10.0 Å². The van der Waals surface area contributed by atoms with Crippen molar-refractivity contribution in [2.24, 2.45) is 5.14 Å². The van der Waals surface area contributed by atoms with Gasteiger partial charge >= 0.3 is 0 Å². The van der Waals surface area contributed by atoms with Crippen LogP contribution in [-0.2, 0) is 10.0 Å². The Bertz CT molecular complexity index is 663. The number of hydrogen-bond donors (Lipinski definition) is 2. The van der Waals surface area contributed by atoms with Crippen LogP contribution >= 0.6 is 11.3 Å². The summed E-state index contributed by atoms with van der Waals surface area (Å²) < 4.78 is 22.3. The van der Waals surface area contributed by atoms with Crippen LogP contribution in [0.15, 0.2) is 35.4 Å². The van der Waals surface area contributed by atoms with Crippen molar-refractivity contribution in [2.75, 3.05) is 5.32 Å². The Morgan fingerprint density at radius 1 is 1.32 bits per heavy atom. The van der Waals surface area contributed by atoms with Crippen LogP contribution in [0.3, 0.4) is 0 Å². The first-order valence-electron chi connectivity index (χ1n) is 5.68. The molecule has 0 aliphatic heterocycles. The Kier molecular flexibility index (Phi) is 3.88. The van der Waals surface area contributed by atoms with E-state index in [1.807, 2.05) is 20.0 Å². The minimum Gasteiger partial charge on any atom is -0.376 e. The van der Waals surface area contributed by atoms with E-state index in [0.717, 1.165) is 15.6 Å². The van der Waals surface area contributed by atoms with Crippen molar-refractivity contribution in [3.05, 3.63) is 40.3 Å². The Morgan fingerprint density at radius 3 is 2.42 bits per heavy atom. The van der Waals surface area contributed by atoms with Crippen molar-refractivity contribution < 1.29 is 8.42 Å². The third-order valence-corrected chi connectivity index (χ3v) is 4.60. The molecule has 7 heteroatoms. The van der Waals surface area contributed by atoms with Gasteiger partial charge in [0.2, 0.25) is 10.0 Å². The first-order valence-corrected chi connectivity index (χ1v) is 8.04. The molecule has 0 radical (unpaired) electrons. The number of aryl methyl sites for hydroxylation is 1. The summed E-state index contributed by atoms with van der Waals surface area (Å²) in [6.45, 7) is 4.01. The Labute approximate surface area is 116 Å². The van der Waals surface area contributed by atoms with Crippen LogP contribution in [0.1, 0.15) is 22.9 Å². The molecule has 0 bridgehead atoms. The molecule has 0 saturated heterocycles. The lowest BCUT2D eigenvalue weighted by atomic mass is 10.3. The van der Waals surface area contributed by atoms with Crippen LogP contribution in [0.2, 0.25) is 0 Å². The monoisotopic (exact) mass is 297 g/mol. The van der Waals surface area contributed by atoms with E-state index in [1.54, 1.807) is 23.5 Å². The van der Waals surface area contributed by atoms with E-state index in [4.69, 9.17) is 5.14 Å². The Morgan fingerprint density at radius 2 is 1.95 bits per heavy atom. The van der Waals surface area contributed by atoms with Crippen LogP contribution in [0, 0.1) is 6.92 Å². The highest BCUT2D eigenvalue weighted by Crippen LogP contribution is 2.23. The summed E-state index contributed by atoms with van der Waals surface area (Å²) >= 11 is 1.63. The van der Waals surface area contributed by atoms with Gasteiger partial charge in [-0.15, -0.1) is 11.3 Å². The molecule has 0 amide bonds. The number of thiazole rings is 1. The molecule has 1 atom stereocenters. The number of benzene rings is 1. The molecule has 19 heavy (non-hydrogen) atoms. The maximum absolute atomic E-state index is 11.1. The molecule has 2 aromatic rings. The molecule has 0 saturated carbocycles. The molecular formula is C12H15N3O2S2. The fourth-order valence-corrected chi connectivity index (χ4v) is 2.92. The molecule has 2 rings (SSSR count). The van der Waals surface area contributed by atoms with Crippen LogP contribution in [0.25, 0.3) is 0 Å². The summed E-state index contributed by atoms with van der Waals surface area (Å²) in [5.41, 5.74) is 0.827. The summed E-state index contributed by atoms with van der Waals surface area (Å²) in [6, 6.07) is 6.42. The number of sulfonamides is 1. The molecule has 5 nitrogen and oxygen atoms in total. The van der Waals surface area contributed by atoms with E-state index >= 15 is 0 Å². The van der Waals surface area contributed by atoms with Gasteiger partial charge in [0.15, 0.2) is 0 Å². The standard InChI is InChI=1S/C12H15N3O2S2/c1-8-7-14-12(18-8)9(2)15-10-3-5-11(6-4-10)19(13,16)17/h3-7,9,15H,1-2H3,(H2,13,16,17). The molecule has 0 aliphatic rings. The van der Waals surface area contributed by atoms with Gasteiger partial charge in [-0.25, -0.2) is 18.5 Å². The van der Waals surface area contributed by atoms with E-state index in [9.17, 15) is 8.42 Å². The zero-order valence-corrected chi connectivity index (χ0v) is 12.3. The van der Waals surface area contributed by atoms with Gasteiger partial charge in [-0.05, 0) is 38.1 Å². The predicted octanol–water partition coefficient (Wildman–Crippen LogP) is 2.27. The van der Waals surface area contributed by atoms with E-state index in [1.165, 1.54) is 12.1 Å². The number of nitrogens with two attached hydrogens (primary N) is 1. The van der Waals surface area contributed by atoms with Crippen molar-refractivity contribution in [3.63, 3.8) is 0 Å². The van der Waals surface area contributed by atoms with E-state index in [0.29, 0.717) is 0 Å².